The lowest BCUT2D eigenvalue weighted by Crippen LogP contribution is -2.26. The summed E-state index contributed by atoms with van der Waals surface area (Å²) in [5, 5.41) is 22.4. The maximum absolute atomic E-state index is 12.1. The molecule has 0 saturated heterocycles. The molecule has 2 amide bonds. The smallest absolute Gasteiger partial charge is 0.255 e. The Balaban J connectivity index is 1.60. The number of nitrogens with zero attached hydrogens (tertiary/aromatic N) is 4. The van der Waals surface area contributed by atoms with Gasteiger partial charge >= 0.3 is 0 Å². The van der Waals surface area contributed by atoms with Crippen molar-refractivity contribution < 1.29 is 14.7 Å². The van der Waals surface area contributed by atoms with Crippen molar-refractivity contribution in [3.63, 3.8) is 0 Å². The fraction of sp³-hybridized carbons (Fsp3) is 0.222. The van der Waals surface area contributed by atoms with E-state index in [0.29, 0.717) is 35.8 Å². The summed E-state index contributed by atoms with van der Waals surface area (Å²) in [4.78, 5) is 29.9. The van der Waals surface area contributed by atoms with E-state index < -0.39 is 5.91 Å². The van der Waals surface area contributed by atoms with E-state index in [1.165, 1.54) is 18.2 Å². The zero-order valence-electron chi connectivity index (χ0n) is 16.2. The largest absolute Gasteiger partial charge is 0.507 e. The van der Waals surface area contributed by atoms with Crippen LogP contribution in [0.5, 0.6) is 5.75 Å². The predicted molar refractivity (Wildman–Crippen MR) is 118 cm³/mol. The Hall–Kier alpha value is -3.50. The molecule has 0 atom stereocenters. The third-order valence-electron chi connectivity index (χ3n) is 3.71. The van der Waals surface area contributed by atoms with E-state index in [4.69, 9.17) is 11.1 Å². The van der Waals surface area contributed by atoms with Gasteiger partial charge in [0.05, 0.1) is 5.56 Å². The Bertz CT molecular complexity index is 1020. The van der Waals surface area contributed by atoms with Crippen molar-refractivity contribution in [1.29, 1.82) is 11.1 Å². The number of nitrogens with one attached hydrogen (secondary N) is 4. The SMILES string of the molecule is N=[N+]=Nc1ccc(C(=O)NCCSSCCNC(=O)c2ccc(N=[N+]=N)cc2O)cc1. The van der Waals surface area contributed by atoms with Crippen molar-refractivity contribution in [2.45, 2.75) is 0 Å². The first kappa shape index (κ1) is 23.8. The number of carbonyl (C=O) groups excluding carboxylic acids is 2. The van der Waals surface area contributed by atoms with Crippen LogP contribution in [0.2, 0.25) is 0 Å². The maximum Gasteiger partial charge on any atom is 0.255 e. The van der Waals surface area contributed by atoms with Gasteiger partial charge in [0, 0.05) is 36.2 Å². The zero-order chi connectivity index (χ0) is 22.5. The second-order valence-electron chi connectivity index (χ2n) is 5.80. The van der Waals surface area contributed by atoms with Crippen LogP contribution in [0, 0.1) is 11.1 Å². The van der Waals surface area contributed by atoms with Crippen LogP contribution in [0.1, 0.15) is 20.7 Å². The molecule has 5 N–H and O–H groups in total. The molecule has 2 aromatic rings. The number of carbonyl (C=O) groups is 2. The van der Waals surface area contributed by atoms with Crippen molar-refractivity contribution in [3.8, 4) is 5.75 Å². The molecule has 0 aliphatic rings. The third-order valence-corrected chi connectivity index (χ3v) is 6.12. The lowest BCUT2D eigenvalue weighted by Gasteiger charge is -2.07. The van der Waals surface area contributed by atoms with E-state index in [1.54, 1.807) is 45.9 Å². The highest BCUT2D eigenvalue weighted by Gasteiger charge is 2.12. The molecule has 13 heteroatoms. The van der Waals surface area contributed by atoms with Gasteiger partial charge in [-0.1, -0.05) is 21.6 Å². The summed E-state index contributed by atoms with van der Waals surface area (Å²) in [6.07, 6.45) is 0. The van der Waals surface area contributed by atoms with Gasteiger partial charge in [-0.2, -0.15) is 0 Å². The molecule has 160 valence electrons. The summed E-state index contributed by atoms with van der Waals surface area (Å²) < 4.78 is 0. The van der Waals surface area contributed by atoms with Crippen molar-refractivity contribution in [3.05, 3.63) is 53.6 Å². The number of phenols is 1. The standard InChI is InChI=1S/C18H18N8O3S2/c19-25-23-13-3-1-12(2-4-13)17(28)21-7-9-30-31-10-8-22-18(29)15-6-5-14(24-26-20)11-16(15)27/h1-6,11,19-20H,7-10H2,(H-2,21,22,27,28,29)/p+2. The van der Waals surface area contributed by atoms with E-state index in [-0.39, 0.29) is 22.9 Å². The Morgan fingerprint density at radius 2 is 1.42 bits per heavy atom. The first-order chi connectivity index (χ1) is 15.0. The van der Waals surface area contributed by atoms with Crippen LogP contribution in [0.4, 0.5) is 11.4 Å². The summed E-state index contributed by atoms with van der Waals surface area (Å²) in [7, 11) is 3.13. The van der Waals surface area contributed by atoms with Crippen LogP contribution in [0.15, 0.2) is 52.7 Å². The molecule has 0 fully saturated rings. The molecule has 11 nitrogen and oxygen atoms in total. The Morgan fingerprint density at radius 1 is 0.871 bits per heavy atom. The molecule has 0 heterocycles. The first-order valence-electron chi connectivity index (χ1n) is 8.94. The number of hydrogen-bond donors (Lipinski definition) is 5. The van der Waals surface area contributed by atoms with Gasteiger partial charge in [0.1, 0.15) is 16.8 Å². The van der Waals surface area contributed by atoms with Gasteiger partial charge in [0.2, 0.25) is 9.82 Å². The van der Waals surface area contributed by atoms with Crippen molar-refractivity contribution in [1.82, 2.24) is 20.5 Å². The molecule has 0 aliphatic carbocycles. The Kier molecular flexibility index (Phi) is 9.92. The lowest BCUT2D eigenvalue weighted by atomic mass is 10.1. The van der Waals surface area contributed by atoms with Crippen molar-refractivity contribution >= 4 is 44.8 Å². The molecule has 0 aromatic heterocycles. The molecule has 2 rings (SSSR count). The van der Waals surface area contributed by atoms with Gasteiger partial charge in [-0.05, 0) is 36.4 Å². The minimum absolute atomic E-state index is 0.125. The number of amides is 2. The Morgan fingerprint density at radius 3 is 2.00 bits per heavy atom. The normalized spacial score (nSPS) is 9.81. The van der Waals surface area contributed by atoms with Crippen LogP contribution in [0.3, 0.4) is 0 Å². The maximum atomic E-state index is 12.1. The average molecular weight is 461 g/mol. The van der Waals surface area contributed by atoms with Gasteiger partial charge in [-0.25, -0.2) is 0 Å². The Labute approximate surface area is 185 Å². The van der Waals surface area contributed by atoms with E-state index in [1.807, 2.05) is 0 Å². The van der Waals surface area contributed by atoms with E-state index in [9.17, 15) is 14.7 Å². The summed E-state index contributed by atoms with van der Waals surface area (Å²) >= 11 is 0. The molecule has 0 saturated carbocycles. The fourth-order valence-electron chi connectivity index (χ4n) is 2.30. The second kappa shape index (κ2) is 12.9. The molecule has 2 aromatic carbocycles. The first-order valence-corrected chi connectivity index (χ1v) is 11.4. The van der Waals surface area contributed by atoms with Gasteiger partial charge in [-0.15, -0.1) is 0 Å². The van der Waals surface area contributed by atoms with E-state index >= 15 is 0 Å². The summed E-state index contributed by atoms with van der Waals surface area (Å²) in [6.45, 7) is 0.908. The van der Waals surface area contributed by atoms with Crippen LogP contribution >= 0.6 is 21.6 Å². The summed E-state index contributed by atoms with van der Waals surface area (Å²) in [6, 6.07) is 10.6. The van der Waals surface area contributed by atoms with Crippen LogP contribution < -0.4 is 20.5 Å². The molecule has 0 spiro atoms. The predicted octanol–water partition coefficient (Wildman–Crippen LogP) is 3.30. The molecular weight excluding hydrogens is 440 g/mol. The number of phenolic OH excluding ortho intramolecular Hbond substituents is 1. The third kappa shape index (κ3) is 8.03. The second-order valence-corrected chi connectivity index (χ2v) is 8.51. The van der Waals surface area contributed by atoms with Gasteiger partial charge < -0.3 is 15.7 Å². The molecule has 0 aliphatic heterocycles. The molecule has 0 unspecified atom stereocenters. The zero-order valence-corrected chi connectivity index (χ0v) is 17.9. The lowest BCUT2D eigenvalue weighted by molar-refractivity contribution is 0.0946. The highest BCUT2D eigenvalue weighted by molar-refractivity contribution is 8.76. The van der Waals surface area contributed by atoms with Crippen LogP contribution in [0.25, 0.3) is 0 Å². The van der Waals surface area contributed by atoms with Gasteiger partial charge in [0.25, 0.3) is 11.8 Å². The number of hydrogen-bond acceptors (Lipinski definition) is 9. The molecule has 0 bridgehead atoms. The number of benzene rings is 2. The van der Waals surface area contributed by atoms with Gasteiger partial charge in [-0.3, -0.25) is 9.59 Å². The quantitative estimate of drug-likeness (QED) is 0.149. The molecule has 0 radical (unpaired) electrons. The van der Waals surface area contributed by atoms with Crippen molar-refractivity contribution in [2.75, 3.05) is 24.6 Å². The number of aromatic hydroxyl groups is 1. The fourth-order valence-corrected chi connectivity index (χ4v) is 4.11. The van der Waals surface area contributed by atoms with E-state index in [2.05, 4.69) is 30.7 Å². The summed E-state index contributed by atoms with van der Waals surface area (Å²) in [5.74, 6) is 0.530. The van der Waals surface area contributed by atoms with Crippen molar-refractivity contribution in [2.24, 2.45) is 10.2 Å². The number of rotatable bonds is 11. The topological polar surface area (TPSA) is 179 Å². The highest BCUT2D eigenvalue weighted by atomic mass is 33.1. The minimum atomic E-state index is -0.403. The van der Waals surface area contributed by atoms with Crippen LogP contribution in [-0.2, 0) is 0 Å². The van der Waals surface area contributed by atoms with Crippen LogP contribution in [-0.4, -0.2) is 41.5 Å². The van der Waals surface area contributed by atoms with E-state index in [0.717, 1.165) is 0 Å². The molecular formula is C18H20N8O3S2+2. The molecule has 31 heavy (non-hydrogen) atoms. The highest BCUT2D eigenvalue weighted by Crippen LogP contribution is 2.24. The van der Waals surface area contributed by atoms with Gasteiger partial charge in [0.15, 0.2) is 21.6 Å². The summed E-state index contributed by atoms with van der Waals surface area (Å²) in [5.41, 5.74) is 14.8. The monoisotopic (exact) mass is 460 g/mol. The average Bonchev–Trinajstić information content (AvgIpc) is 2.76. The minimum Gasteiger partial charge on any atom is -0.507 e.